The Labute approximate surface area is 96.2 Å². The number of hydrogen-bond donors (Lipinski definition) is 1. The van der Waals surface area contributed by atoms with Gasteiger partial charge in [0.1, 0.15) is 11.5 Å². The van der Waals surface area contributed by atoms with Crippen molar-refractivity contribution >= 4 is 18.1 Å². The number of primary amides is 1. The van der Waals surface area contributed by atoms with Crippen LogP contribution in [0, 0.1) is 0 Å². The van der Waals surface area contributed by atoms with E-state index in [-0.39, 0.29) is 16.9 Å². The van der Waals surface area contributed by atoms with Crippen LogP contribution in [0.2, 0.25) is 0 Å². The number of furan rings is 1. The van der Waals surface area contributed by atoms with E-state index in [1.165, 1.54) is 18.4 Å². The third-order valence-electron chi connectivity index (χ3n) is 1.98. The minimum Gasteiger partial charge on any atom is -0.465 e. The van der Waals surface area contributed by atoms with Crippen molar-refractivity contribution in [3.8, 4) is 0 Å². The Morgan fingerprint density at radius 2 is 2.00 bits per heavy atom. The van der Waals surface area contributed by atoms with Crippen LogP contribution >= 0.6 is 0 Å². The summed E-state index contributed by atoms with van der Waals surface area (Å²) < 4.78 is 10.2. The summed E-state index contributed by atoms with van der Waals surface area (Å²) in [5, 5.41) is 0. The number of rotatable bonds is 3. The molecule has 0 spiro atoms. The van der Waals surface area contributed by atoms with Gasteiger partial charge in [-0.2, -0.15) is 0 Å². The van der Waals surface area contributed by atoms with Crippen molar-refractivity contribution in [3.05, 3.63) is 58.0 Å². The van der Waals surface area contributed by atoms with Gasteiger partial charge in [0, 0.05) is 12.1 Å². The lowest BCUT2D eigenvalue weighted by Gasteiger charge is -1.96. The Hall–Kier alpha value is -2.56. The summed E-state index contributed by atoms with van der Waals surface area (Å²) in [4.78, 5) is 22.1. The van der Waals surface area contributed by atoms with Gasteiger partial charge in [0.05, 0.1) is 6.26 Å². The van der Waals surface area contributed by atoms with Gasteiger partial charge in [-0.1, -0.05) is 0 Å². The van der Waals surface area contributed by atoms with E-state index in [2.05, 4.69) is 0 Å². The smallest absolute Gasteiger partial charge is 0.284 e. The maximum absolute atomic E-state index is 11.3. The molecule has 0 aromatic carbocycles. The molecule has 2 rings (SSSR count). The second kappa shape index (κ2) is 4.52. The lowest BCUT2D eigenvalue weighted by atomic mass is 10.3. The third-order valence-corrected chi connectivity index (χ3v) is 1.98. The van der Waals surface area contributed by atoms with E-state index in [1.54, 1.807) is 18.2 Å². The quantitative estimate of drug-likeness (QED) is 0.867. The molecule has 0 aliphatic heterocycles. The number of amides is 1. The molecule has 86 valence electrons. The third kappa shape index (κ3) is 2.72. The zero-order chi connectivity index (χ0) is 12.3. The van der Waals surface area contributed by atoms with E-state index in [9.17, 15) is 9.59 Å². The Balaban J connectivity index is 2.33. The molecule has 0 radical (unpaired) electrons. The van der Waals surface area contributed by atoms with Gasteiger partial charge in [0.25, 0.3) is 5.91 Å². The zero-order valence-corrected chi connectivity index (χ0v) is 8.75. The molecule has 0 bridgehead atoms. The highest BCUT2D eigenvalue weighted by Gasteiger charge is 2.05. The van der Waals surface area contributed by atoms with Crippen LogP contribution in [-0.2, 0) is 0 Å². The van der Waals surface area contributed by atoms with Crippen molar-refractivity contribution in [1.29, 1.82) is 0 Å². The molecule has 0 atom stereocenters. The fourth-order valence-electron chi connectivity index (χ4n) is 1.25. The van der Waals surface area contributed by atoms with Crippen LogP contribution in [0.25, 0.3) is 12.2 Å². The Morgan fingerprint density at radius 1 is 1.24 bits per heavy atom. The van der Waals surface area contributed by atoms with Crippen LogP contribution in [0.5, 0.6) is 0 Å². The Bertz CT molecular complexity index is 608. The second-order valence-corrected chi connectivity index (χ2v) is 3.27. The van der Waals surface area contributed by atoms with Crippen LogP contribution < -0.4 is 11.2 Å². The van der Waals surface area contributed by atoms with Gasteiger partial charge in [-0.25, -0.2) is 0 Å². The van der Waals surface area contributed by atoms with Crippen molar-refractivity contribution in [1.82, 2.24) is 0 Å². The van der Waals surface area contributed by atoms with Gasteiger partial charge in [0.15, 0.2) is 11.2 Å². The summed E-state index contributed by atoms with van der Waals surface area (Å²) in [6, 6.07) is 5.78. The standard InChI is InChI=1S/C12H9NO4/c13-12(15)11-7-8(14)6-10(17-11)4-3-9-2-1-5-16-9/h1-7H,(H2,13,15)/b4-3+. The molecule has 17 heavy (non-hydrogen) atoms. The van der Waals surface area contributed by atoms with Gasteiger partial charge in [-0.05, 0) is 24.3 Å². The van der Waals surface area contributed by atoms with E-state index in [4.69, 9.17) is 14.6 Å². The van der Waals surface area contributed by atoms with Crippen molar-refractivity contribution in [2.75, 3.05) is 0 Å². The van der Waals surface area contributed by atoms with Gasteiger partial charge < -0.3 is 14.6 Å². The predicted octanol–water partition coefficient (Wildman–Crippen LogP) is 1.50. The monoisotopic (exact) mass is 231 g/mol. The van der Waals surface area contributed by atoms with Crippen LogP contribution in [-0.4, -0.2) is 5.91 Å². The molecule has 5 heteroatoms. The van der Waals surface area contributed by atoms with Gasteiger partial charge in [-0.15, -0.1) is 0 Å². The number of carbonyl (C=O) groups excluding carboxylic acids is 1. The molecule has 1 amide bonds. The van der Waals surface area contributed by atoms with E-state index >= 15 is 0 Å². The maximum Gasteiger partial charge on any atom is 0.284 e. The molecule has 2 heterocycles. The SMILES string of the molecule is NC(=O)c1cc(=O)cc(/C=C/c2ccco2)o1. The molecular weight excluding hydrogens is 222 g/mol. The van der Waals surface area contributed by atoms with E-state index in [1.807, 2.05) is 0 Å². The molecular formula is C12H9NO4. The van der Waals surface area contributed by atoms with E-state index in [0.717, 1.165) is 6.07 Å². The van der Waals surface area contributed by atoms with Crippen molar-refractivity contribution in [3.63, 3.8) is 0 Å². The first kappa shape index (κ1) is 10.9. The molecule has 2 aromatic heterocycles. The maximum atomic E-state index is 11.3. The molecule has 0 unspecified atom stereocenters. The average molecular weight is 231 g/mol. The molecule has 0 saturated heterocycles. The fraction of sp³-hybridized carbons (Fsp3) is 0. The summed E-state index contributed by atoms with van der Waals surface area (Å²) in [5.74, 6) is -0.105. The van der Waals surface area contributed by atoms with Crippen LogP contribution in [0.15, 0.2) is 44.2 Å². The first-order valence-corrected chi connectivity index (χ1v) is 4.82. The topological polar surface area (TPSA) is 86.4 Å². The van der Waals surface area contributed by atoms with Gasteiger partial charge >= 0.3 is 0 Å². The number of nitrogens with two attached hydrogens (primary N) is 1. The predicted molar refractivity (Wildman–Crippen MR) is 61.1 cm³/mol. The van der Waals surface area contributed by atoms with E-state index in [0.29, 0.717) is 5.76 Å². The average Bonchev–Trinajstić information content (AvgIpc) is 2.78. The second-order valence-electron chi connectivity index (χ2n) is 3.27. The summed E-state index contributed by atoms with van der Waals surface area (Å²) in [7, 11) is 0. The summed E-state index contributed by atoms with van der Waals surface area (Å²) in [6.45, 7) is 0. The van der Waals surface area contributed by atoms with Crippen LogP contribution in [0.3, 0.4) is 0 Å². The molecule has 0 aliphatic carbocycles. The highest BCUT2D eigenvalue weighted by molar-refractivity contribution is 5.89. The Morgan fingerprint density at radius 3 is 2.65 bits per heavy atom. The first-order valence-electron chi connectivity index (χ1n) is 4.82. The summed E-state index contributed by atoms with van der Waals surface area (Å²) in [5.41, 5.74) is 4.68. The van der Waals surface area contributed by atoms with Crippen molar-refractivity contribution in [2.45, 2.75) is 0 Å². The normalized spacial score (nSPS) is 10.8. The van der Waals surface area contributed by atoms with Crippen LogP contribution in [0.4, 0.5) is 0 Å². The number of hydrogen-bond acceptors (Lipinski definition) is 4. The summed E-state index contributed by atoms with van der Waals surface area (Å²) >= 11 is 0. The molecule has 0 fully saturated rings. The first-order chi connectivity index (χ1) is 8.15. The van der Waals surface area contributed by atoms with Gasteiger partial charge in [-0.3, -0.25) is 9.59 Å². The molecule has 2 N–H and O–H groups in total. The van der Waals surface area contributed by atoms with Gasteiger partial charge in [0.2, 0.25) is 0 Å². The lowest BCUT2D eigenvalue weighted by Crippen LogP contribution is -2.14. The molecule has 5 nitrogen and oxygen atoms in total. The van der Waals surface area contributed by atoms with Crippen molar-refractivity contribution < 1.29 is 13.6 Å². The minimum absolute atomic E-state index is 0.170. The minimum atomic E-state index is -0.782. The van der Waals surface area contributed by atoms with Crippen molar-refractivity contribution in [2.24, 2.45) is 5.73 Å². The highest BCUT2D eigenvalue weighted by atomic mass is 16.3. The number of carbonyl (C=O) groups is 1. The van der Waals surface area contributed by atoms with Crippen LogP contribution in [0.1, 0.15) is 22.1 Å². The largest absolute Gasteiger partial charge is 0.465 e. The summed E-state index contributed by atoms with van der Waals surface area (Å²) in [6.07, 6.45) is 4.66. The highest BCUT2D eigenvalue weighted by Crippen LogP contribution is 2.08. The van der Waals surface area contributed by atoms with E-state index < -0.39 is 5.91 Å². The fourth-order valence-corrected chi connectivity index (χ4v) is 1.25. The lowest BCUT2D eigenvalue weighted by molar-refractivity contribution is 0.0971. The zero-order valence-electron chi connectivity index (χ0n) is 8.75. The Kier molecular flexibility index (Phi) is 2.91. The molecule has 0 aliphatic rings. The molecule has 0 saturated carbocycles. The molecule has 2 aromatic rings.